The molecule has 0 bridgehead atoms. The summed E-state index contributed by atoms with van der Waals surface area (Å²) in [5, 5.41) is 0. The molecule has 104 valence electrons. The maximum absolute atomic E-state index is 11.1. The van der Waals surface area contributed by atoms with Crippen molar-refractivity contribution >= 4 is 6.29 Å². The molecule has 0 N–H and O–H groups in total. The van der Waals surface area contributed by atoms with E-state index in [9.17, 15) is 4.79 Å². The summed E-state index contributed by atoms with van der Waals surface area (Å²) in [6.07, 6.45) is 8.55. The van der Waals surface area contributed by atoms with Crippen molar-refractivity contribution in [2.24, 2.45) is 0 Å². The standard InChI is InChI=1S/C18H20O2/c1-3-8-16-14(4-2)10-7-12-18(16)20-17-11-6-5-9-15(17)13-19/h3-6,9,11,13,18H,1-2,7-8,10,12H2/t18-/m1/s1. The Balaban J connectivity index is 2.28. The highest BCUT2D eigenvalue weighted by Crippen LogP contribution is 2.32. The molecule has 2 rings (SSSR count). The molecule has 1 aliphatic rings. The minimum absolute atomic E-state index is 0.0100. The van der Waals surface area contributed by atoms with Gasteiger partial charge in [0.1, 0.15) is 11.9 Å². The average Bonchev–Trinajstić information content (AvgIpc) is 2.49. The van der Waals surface area contributed by atoms with Crippen molar-refractivity contribution < 1.29 is 9.53 Å². The van der Waals surface area contributed by atoms with Crippen LogP contribution < -0.4 is 4.74 Å². The van der Waals surface area contributed by atoms with Crippen LogP contribution in [0, 0.1) is 0 Å². The van der Waals surface area contributed by atoms with Crippen LogP contribution >= 0.6 is 0 Å². The van der Waals surface area contributed by atoms with Crippen LogP contribution in [0.1, 0.15) is 36.0 Å². The molecule has 20 heavy (non-hydrogen) atoms. The van der Waals surface area contributed by atoms with E-state index in [1.54, 1.807) is 6.07 Å². The van der Waals surface area contributed by atoms with Crippen molar-refractivity contribution in [2.75, 3.05) is 0 Å². The molecule has 0 aliphatic heterocycles. The minimum Gasteiger partial charge on any atom is -0.485 e. The Morgan fingerprint density at radius 3 is 2.80 bits per heavy atom. The summed E-state index contributed by atoms with van der Waals surface area (Å²) in [5.41, 5.74) is 3.09. The molecule has 1 aromatic rings. The predicted molar refractivity (Wildman–Crippen MR) is 82.1 cm³/mol. The highest BCUT2D eigenvalue weighted by molar-refractivity contribution is 5.79. The molecule has 2 nitrogen and oxygen atoms in total. The van der Waals surface area contributed by atoms with Crippen LogP contribution in [0.5, 0.6) is 5.75 Å². The monoisotopic (exact) mass is 268 g/mol. The lowest BCUT2D eigenvalue weighted by atomic mass is 9.87. The van der Waals surface area contributed by atoms with Crippen molar-refractivity contribution in [2.45, 2.75) is 31.8 Å². The molecular formula is C18H20O2. The van der Waals surface area contributed by atoms with E-state index in [4.69, 9.17) is 4.74 Å². The number of ether oxygens (including phenoxy) is 1. The summed E-state index contributed by atoms with van der Waals surface area (Å²) in [5.74, 6) is 0.652. The Morgan fingerprint density at radius 2 is 2.10 bits per heavy atom. The van der Waals surface area contributed by atoms with Crippen molar-refractivity contribution in [3.05, 3.63) is 66.3 Å². The first-order chi connectivity index (χ1) is 9.80. The van der Waals surface area contributed by atoms with Gasteiger partial charge in [-0.15, -0.1) is 6.58 Å². The van der Waals surface area contributed by atoms with Crippen LogP contribution in [0.3, 0.4) is 0 Å². The quantitative estimate of drug-likeness (QED) is 0.561. The largest absolute Gasteiger partial charge is 0.485 e. The maximum atomic E-state index is 11.1. The molecule has 1 atom stereocenters. The first-order valence-corrected chi connectivity index (χ1v) is 6.96. The van der Waals surface area contributed by atoms with E-state index in [2.05, 4.69) is 13.2 Å². The Kier molecular flexibility index (Phi) is 4.94. The molecule has 0 aromatic heterocycles. The minimum atomic E-state index is 0.0100. The number of benzene rings is 1. The second kappa shape index (κ2) is 6.90. The molecule has 0 saturated carbocycles. The van der Waals surface area contributed by atoms with Gasteiger partial charge in [-0.25, -0.2) is 0 Å². The summed E-state index contributed by atoms with van der Waals surface area (Å²) < 4.78 is 6.09. The number of carbonyl (C=O) groups excluding carboxylic acids is 1. The number of allylic oxidation sites excluding steroid dienone is 3. The van der Waals surface area contributed by atoms with Gasteiger partial charge in [0.25, 0.3) is 0 Å². The number of hydrogen-bond donors (Lipinski definition) is 0. The zero-order valence-corrected chi connectivity index (χ0v) is 11.7. The Labute approximate surface area is 120 Å². The first kappa shape index (κ1) is 14.3. The summed E-state index contributed by atoms with van der Waals surface area (Å²) >= 11 is 0. The fourth-order valence-electron chi connectivity index (χ4n) is 2.64. The van der Waals surface area contributed by atoms with Gasteiger partial charge in [-0.1, -0.05) is 30.9 Å². The molecular weight excluding hydrogens is 248 g/mol. The summed E-state index contributed by atoms with van der Waals surface area (Å²) in [6, 6.07) is 7.34. The Hall–Kier alpha value is -2.09. The van der Waals surface area contributed by atoms with E-state index in [1.165, 1.54) is 11.1 Å². The smallest absolute Gasteiger partial charge is 0.153 e. The molecule has 1 aromatic carbocycles. The van der Waals surface area contributed by atoms with Gasteiger partial charge in [0.05, 0.1) is 5.56 Å². The van der Waals surface area contributed by atoms with E-state index >= 15 is 0 Å². The van der Waals surface area contributed by atoms with Gasteiger partial charge in [-0.3, -0.25) is 4.79 Å². The second-order valence-corrected chi connectivity index (χ2v) is 4.90. The van der Waals surface area contributed by atoms with Gasteiger partial charge in [-0.05, 0) is 49.0 Å². The van der Waals surface area contributed by atoms with Crippen LogP contribution in [0.4, 0.5) is 0 Å². The van der Waals surface area contributed by atoms with E-state index < -0.39 is 0 Å². The topological polar surface area (TPSA) is 26.3 Å². The van der Waals surface area contributed by atoms with Crippen LogP contribution in [-0.4, -0.2) is 12.4 Å². The van der Waals surface area contributed by atoms with Crippen LogP contribution in [0.15, 0.2) is 60.7 Å². The Morgan fingerprint density at radius 1 is 1.30 bits per heavy atom. The van der Waals surface area contributed by atoms with Crippen molar-refractivity contribution in [3.8, 4) is 5.75 Å². The lowest BCUT2D eigenvalue weighted by Crippen LogP contribution is -2.24. The van der Waals surface area contributed by atoms with E-state index in [0.717, 1.165) is 32.0 Å². The molecule has 0 heterocycles. The zero-order valence-electron chi connectivity index (χ0n) is 11.7. The predicted octanol–water partition coefficient (Wildman–Crippen LogP) is 4.49. The molecule has 0 radical (unpaired) electrons. The third-order valence-corrected chi connectivity index (χ3v) is 3.64. The fourth-order valence-corrected chi connectivity index (χ4v) is 2.64. The average molecular weight is 268 g/mol. The molecule has 0 spiro atoms. The molecule has 0 saturated heterocycles. The Bertz CT molecular complexity index is 540. The third-order valence-electron chi connectivity index (χ3n) is 3.64. The first-order valence-electron chi connectivity index (χ1n) is 6.96. The van der Waals surface area contributed by atoms with Gasteiger partial charge in [0.15, 0.2) is 6.29 Å². The number of aldehydes is 1. The number of carbonyl (C=O) groups is 1. The lowest BCUT2D eigenvalue weighted by Gasteiger charge is -2.28. The summed E-state index contributed by atoms with van der Waals surface area (Å²) in [6.45, 7) is 7.71. The highest BCUT2D eigenvalue weighted by Gasteiger charge is 2.23. The van der Waals surface area contributed by atoms with Crippen molar-refractivity contribution in [1.82, 2.24) is 0 Å². The van der Waals surface area contributed by atoms with Gasteiger partial charge in [0, 0.05) is 0 Å². The van der Waals surface area contributed by atoms with Crippen molar-refractivity contribution in [1.29, 1.82) is 0 Å². The lowest BCUT2D eigenvalue weighted by molar-refractivity contribution is 0.111. The molecule has 1 aliphatic carbocycles. The van der Waals surface area contributed by atoms with Gasteiger partial charge in [-0.2, -0.15) is 0 Å². The van der Waals surface area contributed by atoms with E-state index in [1.807, 2.05) is 30.4 Å². The number of rotatable bonds is 6. The maximum Gasteiger partial charge on any atom is 0.153 e. The number of hydrogen-bond acceptors (Lipinski definition) is 2. The van der Waals surface area contributed by atoms with E-state index in [-0.39, 0.29) is 6.10 Å². The fraction of sp³-hybridized carbons (Fsp3) is 0.278. The molecule has 0 amide bonds. The van der Waals surface area contributed by atoms with Gasteiger partial charge >= 0.3 is 0 Å². The SMILES string of the molecule is C=CCC1=C(C=C)CCC[C@H]1Oc1ccccc1C=O. The molecule has 0 fully saturated rings. The molecule has 0 unspecified atom stereocenters. The normalized spacial score (nSPS) is 18.5. The summed E-state index contributed by atoms with van der Waals surface area (Å²) in [7, 11) is 0. The van der Waals surface area contributed by atoms with E-state index in [0.29, 0.717) is 11.3 Å². The van der Waals surface area contributed by atoms with Gasteiger partial charge < -0.3 is 4.74 Å². The zero-order chi connectivity index (χ0) is 14.4. The van der Waals surface area contributed by atoms with Gasteiger partial charge in [0.2, 0.25) is 0 Å². The second-order valence-electron chi connectivity index (χ2n) is 4.90. The van der Waals surface area contributed by atoms with Crippen molar-refractivity contribution in [3.63, 3.8) is 0 Å². The van der Waals surface area contributed by atoms with Crippen LogP contribution in [-0.2, 0) is 0 Å². The number of para-hydroxylation sites is 1. The van der Waals surface area contributed by atoms with Crippen LogP contribution in [0.25, 0.3) is 0 Å². The summed E-state index contributed by atoms with van der Waals surface area (Å²) in [4.78, 5) is 11.1. The molecule has 2 heteroatoms. The highest BCUT2D eigenvalue weighted by atomic mass is 16.5. The van der Waals surface area contributed by atoms with Crippen LogP contribution in [0.2, 0.25) is 0 Å². The third kappa shape index (κ3) is 3.08.